The van der Waals surface area contributed by atoms with Crippen LogP contribution >= 0.6 is 11.8 Å². The third-order valence-corrected chi connectivity index (χ3v) is 7.73. The highest BCUT2D eigenvalue weighted by molar-refractivity contribution is 8.15. The van der Waals surface area contributed by atoms with Gasteiger partial charge in [-0.15, -0.1) is 0 Å². The van der Waals surface area contributed by atoms with Crippen molar-refractivity contribution in [3.63, 3.8) is 0 Å². The van der Waals surface area contributed by atoms with E-state index < -0.39 is 5.25 Å². The summed E-state index contributed by atoms with van der Waals surface area (Å²) in [6.07, 6.45) is 1.74. The third kappa shape index (κ3) is 5.67. The van der Waals surface area contributed by atoms with Crippen molar-refractivity contribution in [1.82, 2.24) is 5.01 Å². The number of nitrogens with zero attached hydrogens (tertiary/aromatic N) is 3. The molecule has 2 atom stereocenters. The lowest BCUT2D eigenvalue weighted by Gasteiger charge is -2.23. The van der Waals surface area contributed by atoms with Crippen LogP contribution < -0.4 is 5.32 Å². The molecule has 2 aliphatic heterocycles. The van der Waals surface area contributed by atoms with Crippen LogP contribution in [0.3, 0.4) is 0 Å². The molecule has 37 heavy (non-hydrogen) atoms. The first kappa shape index (κ1) is 25.0. The van der Waals surface area contributed by atoms with Gasteiger partial charge in [0, 0.05) is 18.5 Å². The van der Waals surface area contributed by atoms with Crippen molar-refractivity contribution in [3.05, 3.63) is 101 Å². The largest absolute Gasteiger partial charge is 0.326 e. The van der Waals surface area contributed by atoms with Gasteiger partial charge in [-0.1, -0.05) is 79.3 Å². The van der Waals surface area contributed by atoms with Crippen LogP contribution in [0.1, 0.15) is 53.6 Å². The molecule has 0 fully saturated rings. The molecule has 1 N–H and O–H groups in total. The second-order valence-corrected chi connectivity index (χ2v) is 10.7. The van der Waals surface area contributed by atoms with Gasteiger partial charge in [0.1, 0.15) is 5.25 Å². The Hall–Kier alpha value is -3.71. The van der Waals surface area contributed by atoms with Gasteiger partial charge >= 0.3 is 0 Å². The zero-order valence-electron chi connectivity index (χ0n) is 21.3. The topological polar surface area (TPSA) is 74.1 Å². The van der Waals surface area contributed by atoms with Crippen molar-refractivity contribution in [2.45, 2.75) is 51.3 Å². The van der Waals surface area contributed by atoms with Crippen LogP contribution in [-0.2, 0) is 16.0 Å². The van der Waals surface area contributed by atoms with Crippen molar-refractivity contribution < 1.29 is 9.59 Å². The molecule has 3 aromatic carbocycles. The lowest BCUT2D eigenvalue weighted by atomic mass is 9.97. The number of hydrogen-bond donors (Lipinski definition) is 1. The maximum absolute atomic E-state index is 12.9. The number of thioether (sulfide) groups is 1. The third-order valence-electron chi connectivity index (χ3n) is 6.59. The molecule has 0 saturated carbocycles. The van der Waals surface area contributed by atoms with Crippen molar-refractivity contribution in [1.29, 1.82) is 0 Å². The molecule has 2 heterocycles. The molecule has 0 spiro atoms. The molecule has 2 amide bonds. The molecular formula is C30H30N4O2S. The summed E-state index contributed by atoms with van der Waals surface area (Å²) in [6.45, 7) is 6.12. The molecule has 0 aliphatic carbocycles. The number of carbonyl (C=O) groups excluding carboxylic acids is 2. The van der Waals surface area contributed by atoms with Gasteiger partial charge in [-0.3, -0.25) is 9.59 Å². The van der Waals surface area contributed by atoms with E-state index in [2.05, 4.69) is 59.7 Å². The number of amides is 2. The minimum Gasteiger partial charge on any atom is -0.326 e. The predicted molar refractivity (Wildman–Crippen MR) is 151 cm³/mol. The number of rotatable bonds is 6. The maximum atomic E-state index is 12.9. The maximum Gasteiger partial charge on any atom is 0.262 e. The van der Waals surface area contributed by atoms with E-state index in [-0.39, 0.29) is 24.3 Å². The van der Waals surface area contributed by atoms with Crippen LogP contribution in [0.25, 0.3) is 0 Å². The fraction of sp³-hybridized carbons (Fsp3) is 0.267. The highest BCUT2D eigenvalue weighted by atomic mass is 32.2. The highest BCUT2D eigenvalue weighted by Crippen LogP contribution is 2.38. The molecule has 5 rings (SSSR count). The van der Waals surface area contributed by atoms with Crippen molar-refractivity contribution in [3.8, 4) is 0 Å². The smallest absolute Gasteiger partial charge is 0.262 e. The summed E-state index contributed by atoms with van der Waals surface area (Å²) >= 11 is 1.32. The van der Waals surface area contributed by atoms with Crippen LogP contribution in [0.5, 0.6) is 0 Å². The van der Waals surface area contributed by atoms with Gasteiger partial charge in [-0.25, -0.2) is 5.01 Å². The van der Waals surface area contributed by atoms with Crippen LogP contribution in [0, 0.1) is 13.8 Å². The minimum atomic E-state index is -0.569. The van der Waals surface area contributed by atoms with E-state index in [0.717, 1.165) is 40.1 Å². The molecule has 7 heteroatoms. The Balaban J connectivity index is 1.34. The Labute approximate surface area is 221 Å². The fourth-order valence-corrected chi connectivity index (χ4v) is 5.82. The van der Waals surface area contributed by atoms with Crippen molar-refractivity contribution >= 4 is 40.1 Å². The second-order valence-electron chi connectivity index (χ2n) is 9.54. The molecule has 6 nitrogen and oxygen atoms in total. The number of aliphatic imine (C=N–C) groups is 1. The van der Waals surface area contributed by atoms with E-state index in [1.165, 1.54) is 17.3 Å². The van der Waals surface area contributed by atoms with E-state index in [1.54, 1.807) is 0 Å². The molecule has 0 radical (unpaired) electrons. The lowest BCUT2D eigenvalue weighted by Crippen LogP contribution is -2.25. The molecule has 3 aromatic rings. The Morgan fingerprint density at radius 2 is 1.73 bits per heavy atom. The number of carbonyl (C=O) groups is 2. The lowest BCUT2D eigenvalue weighted by molar-refractivity contribution is -0.121. The van der Waals surface area contributed by atoms with Crippen molar-refractivity contribution in [2.24, 2.45) is 10.1 Å². The van der Waals surface area contributed by atoms with Crippen LogP contribution in [0.15, 0.2) is 82.9 Å². The number of nitrogens with one attached hydrogen (secondary N) is 1. The number of anilines is 1. The highest BCUT2D eigenvalue weighted by Gasteiger charge is 2.39. The van der Waals surface area contributed by atoms with Crippen molar-refractivity contribution in [2.75, 3.05) is 5.32 Å². The van der Waals surface area contributed by atoms with Gasteiger partial charge in [0.25, 0.3) is 5.91 Å². The number of benzene rings is 3. The summed E-state index contributed by atoms with van der Waals surface area (Å²) in [5.41, 5.74) is 7.30. The van der Waals surface area contributed by atoms with Gasteiger partial charge in [0.15, 0.2) is 5.17 Å². The molecule has 0 bridgehead atoms. The van der Waals surface area contributed by atoms with Crippen LogP contribution in [-0.4, -0.2) is 33.0 Å². The van der Waals surface area contributed by atoms with E-state index in [0.29, 0.717) is 11.6 Å². The summed E-state index contributed by atoms with van der Waals surface area (Å²) in [6, 6.07) is 24.5. The number of amidine groups is 1. The second kappa shape index (κ2) is 10.7. The molecule has 188 valence electrons. The minimum absolute atomic E-state index is 0.0580. The first-order chi connectivity index (χ1) is 17.9. The van der Waals surface area contributed by atoms with Gasteiger partial charge in [0.05, 0.1) is 11.8 Å². The SMILES string of the molecule is CCc1ccc([C@H]2CC(c3ccccc3)=NN2C2=NC(=O)[C@H](CC(=O)Nc3cc(C)cc(C)c3)S2)cc1. The zero-order valence-corrected chi connectivity index (χ0v) is 22.1. The van der Waals surface area contributed by atoms with E-state index >= 15 is 0 Å². The zero-order chi connectivity index (χ0) is 25.9. The van der Waals surface area contributed by atoms with E-state index in [1.807, 2.05) is 49.2 Å². The van der Waals surface area contributed by atoms with Gasteiger partial charge in [-0.05, 0) is 60.2 Å². The van der Waals surface area contributed by atoms with Gasteiger partial charge < -0.3 is 5.32 Å². The molecule has 0 aromatic heterocycles. The molecule has 2 aliphatic rings. The van der Waals surface area contributed by atoms with Gasteiger partial charge in [-0.2, -0.15) is 10.1 Å². The van der Waals surface area contributed by atoms with E-state index in [9.17, 15) is 9.59 Å². The standard InChI is InChI=1S/C30H30N4O2S/c1-4-21-10-12-23(13-11-21)26-17-25(22-8-6-5-7-9-22)33-34(26)30-32-29(36)27(37-30)18-28(35)31-24-15-19(2)14-20(3)16-24/h5-16,26-27H,4,17-18H2,1-3H3,(H,31,35)/t26-,27+/m1/s1. The Morgan fingerprint density at radius 3 is 2.41 bits per heavy atom. The first-order valence-electron chi connectivity index (χ1n) is 12.6. The fourth-order valence-electron chi connectivity index (χ4n) is 4.76. The van der Waals surface area contributed by atoms with Crippen LogP contribution in [0.4, 0.5) is 5.69 Å². The Kier molecular flexibility index (Phi) is 7.24. The average Bonchev–Trinajstić information content (AvgIpc) is 3.48. The Morgan fingerprint density at radius 1 is 1.03 bits per heavy atom. The number of aryl methyl sites for hydroxylation is 3. The van der Waals surface area contributed by atoms with Crippen LogP contribution in [0.2, 0.25) is 0 Å². The quantitative estimate of drug-likeness (QED) is 0.439. The predicted octanol–water partition coefficient (Wildman–Crippen LogP) is 6.04. The summed E-state index contributed by atoms with van der Waals surface area (Å²) in [7, 11) is 0. The molecule has 0 saturated heterocycles. The summed E-state index contributed by atoms with van der Waals surface area (Å²) in [5.74, 6) is -0.493. The molecule has 0 unspecified atom stereocenters. The first-order valence-corrected chi connectivity index (χ1v) is 13.5. The summed E-state index contributed by atoms with van der Waals surface area (Å²) < 4.78 is 0. The normalized spacial score (nSPS) is 19.1. The monoisotopic (exact) mass is 510 g/mol. The van der Waals surface area contributed by atoms with Gasteiger partial charge in [0.2, 0.25) is 5.91 Å². The average molecular weight is 511 g/mol. The summed E-state index contributed by atoms with van der Waals surface area (Å²) in [5, 5.41) is 9.70. The molecular weight excluding hydrogens is 480 g/mol. The Bertz CT molecular complexity index is 1360. The van der Waals surface area contributed by atoms with E-state index in [4.69, 9.17) is 5.10 Å². The number of hydrazone groups is 1. The summed E-state index contributed by atoms with van der Waals surface area (Å²) in [4.78, 5) is 30.0. The number of hydrogen-bond acceptors (Lipinski definition) is 5.